The van der Waals surface area contributed by atoms with E-state index in [2.05, 4.69) is 10.3 Å². The van der Waals surface area contributed by atoms with Gasteiger partial charge in [0, 0.05) is 19.2 Å². The fraction of sp³-hybridized carbons (Fsp3) is 0.385. The first-order valence-corrected chi connectivity index (χ1v) is 6.14. The second kappa shape index (κ2) is 5.27. The number of H-pyrrole nitrogens is 1. The van der Waals surface area contributed by atoms with Crippen molar-refractivity contribution in [3.8, 4) is 0 Å². The van der Waals surface area contributed by atoms with E-state index in [-0.39, 0.29) is 11.6 Å². The normalized spacial score (nSPS) is 12.6. The van der Waals surface area contributed by atoms with Gasteiger partial charge in [0.05, 0.1) is 17.1 Å². The predicted octanol–water partition coefficient (Wildman–Crippen LogP) is 0.367. The number of aromatic nitrogens is 2. The lowest BCUT2D eigenvalue weighted by molar-refractivity contribution is 0.0945. The van der Waals surface area contributed by atoms with E-state index in [4.69, 9.17) is 5.11 Å². The second-order valence-electron chi connectivity index (χ2n) is 4.61. The summed E-state index contributed by atoms with van der Waals surface area (Å²) >= 11 is 0. The number of amides is 1. The minimum atomic E-state index is -0.437. The maximum atomic E-state index is 11.9. The largest absolute Gasteiger partial charge is 0.393 e. The van der Waals surface area contributed by atoms with E-state index in [1.54, 1.807) is 32.2 Å². The molecular weight excluding hydrogens is 246 g/mol. The summed E-state index contributed by atoms with van der Waals surface area (Å²) in [5.41, 5.74) is 1.67. The molecule has 1 aromatic heterocycles. The van der Waals surface area contributed by atoms with Gasteiger partial charge in [-0.2, -0.15) is 0 Å². The number of aryl methyl sites for hydroxylation is 1. The predicted molar refractivity (Wildman–Crippen MR) is 72.2 cm³/mol. The minimum absolute atomic E-state index is 0.207. The Balaban J connectivity index is 2.17. The van der Waals surface area contributed by atoms with Crippen LogP contribution in [0.1, 0.15) is 23.7 Å². The number of fused-ring (bicyclic) bond motifs is 1. The van der Waals surface area contributed by atoms with Crippen molar-refractivity contribution in [3.05, 3.63) is 34.2 Å². The highest BCUT2D eigenvalue weighted by Crippen LogP contribution is 2.11. The molecule has 1 amide bonds. The van der Waals surface area contributed by atoms with Gasteiger partial charge in [-0.05, 0) is 31.5 Å². The third kappa shape index (κ3) is 2.85. The SMILES string of the molecule is CC(O)CCNC(=O)c1ccc2c(c1)[nH]c(=O)n2C. The Hall–Kier alpha value is -2.08. The number of carbonyl (C=O) groups excluding carboxylic acids is 1. The molecule has 2 aromatic rings. The third-order valence-corrected chi connectivity index (χ3v) is 3.01. The molecule has 19 heavy (non-hydrogen) atoms. The number of hydrogen-bond donors (Lipinski definition) is 3. The standard InChI is InChI=1S/C13H17N3O3/c1-8(17)5-6-14-12(18)9-3-4-11-10(7-9)15-13(19)16(11)2/h3-4,7-8,17H,5-6H2,1-2H3,(H,14,18)(H,15,19). The molecule has 0 radical (unpaired) electrons. The Morgan fingerprint density at radius 1 is 1.53 bits per heavy atom. The Labute approximate surface area is 110 Å². The molecule has 0 saturated heterocycles. The first-order valence-electron chi connectivity index (χ1n) is 6.14. The molecular formula is C13H17N3O3. The number of imidazole rings is 1. The smallest absolute Gasteiger partial charge is 0.326 e. The molecule has 102 valence electrons. The number of aliphatic hydroxyl groups is 1. The van der Waals surface area contributed by atoms with E-state index in [0.717, 1.165) is 5.52 Å². The topological polar surface area (TPSA) is 87.1 Å². The van der Waals surface area contributed by atoms with Gasteiger partial charge in [-0.25, -0.2) is 4.79 Å². The molecule has 0 fully saturated rings. The molecule has 6 heteroatoms. The first kappa shape index (κ1) is 13.4. The van der Waals surface area contributed by atoms with Crippen LogP contribution in [-0.2, 0) is 7.05 Å². The van der Waals surface area contributed by atoms with Gasteiger partial charge in [0.2, 0.25) is 0 Å². The van der Waals surface area contributed by atoms with Crippen molar-refractivity contribution in [2.24, 2.45) is 7.05 Å². The zero-order chi connectivity index (χ0) is 14.0. The lowest BCUT2D eigenvalue weighted by Crippen LogP contribution is -2.26. The van der Waals surface area contributed by atoms with Crippen molar-refractivity contribution < 1.29 is 9.90 Å². The summed E-state index contributed by atoms with van der Waals surface area (Å²) in [6, 6.07) is 5.05. The van der Waals surface area contributed by atoms with E-state index in [9.17, 15) is 9.59 Å². The van der Waals surface area contributed by atoms with Crippen LogP contribution >= 0.6 is 0 Å². The number of hydrogen-bond acceptors (Lipinski definition) is 3. The molecule has 3 N–H and O–H groups in total. The van der Waals surface area contributed by atoms with Crippen LogP contribution < -0.4 is 11.0 Å². The number of aromatic amines is 1. The number of carbonyl (C=O) groups is 1. The van der Waals surface area contributed by atoms with Gasteiger partial charge in [-0.15, -0.1) is 0 Å². The monoisotopic (exact) mass is 263 g/mol. The van der Waals surface area contributed by atoms with Gasteiger partial charge in [0.25, 0.3) is 5.91 Å². The lowest BCUT2D eigenvalue weighted by atomic mass is 10.2. The Morgan fingerprint density at radius 3 is 2.95 bits per heavy atom. The fourth-order valence-corrected chi connectivity index (χ4v) is 1.87. The molecule has 1 unspecified atom stereocenters. The van der Waals surface area contributed by atoms with Crippen molar-refractivity contribution in [3.63, 3.8) is 0 Å². The van der Waals surface area contributed by atoms with E-state index < -0.39 is 6.10 Å². The zero-order valence-electron chi connectivity index (χ0n) is 10.9. The van der Waals surface area contributed by atoms with E-state index in [0.29, 0.717) is 24.0 Å². The molecule has 0 bridgehead atoms. The van der Waals surface area contributed by atoms with Crippen LogP contribution in [0.2, 0.25) is 0 Å². The lowest BCUT2D eigenvalue weighted by Gasteiger charge is -2.06. The van der Waals surface area contributed by atoms with E-state index in [1.807, 2.05) is 0 Å². The molecule has 2 rings (SSSR count). The summed E-state index contributed by atoms with van der Waals surface area (Å²) in [5, 5.41) is 11.8. The summed E-state index contributed by atoms with van der Waals surface area (Å²) in [4.78, 5) is 26.0. The molecule has 0 aliphatic heterocycles. The van der Waals surface area contributed by atoms with Gasteiger partial charge in [0.1, 0.15) is 0 Å². The maximum Gasteiger partial charge on any atom is 0.326 e. The van der Waals surface area contributed by atoms with Crippen LogP contribution in [0.4, 0.5) is 0 Å². The highest BCUT2D eigenvalue weighted by molar-refractivity contribution is 5.97. The Morgan fingerprint density at radius 2 is 2.26 bits per heavy atom. The number of nitrogens with zero attached hydrogens (tertiary/aromatic N) is 1. The number of aliphatic hydroxyl groups excluding tert-OH is 1. The fourth-order valence-electron chi connectivity index (χ4n) is 1.87. The maximum absolute atomic E-state index is 11.9. The quantitative estimate of drug-likeness (QED) is 0.744. The van der Waals surface area contributed by atoms with Gasteiger partial charge < -0.3 is 15.4 Å². The first-order chi connectivity index (χ1) is 8.99. The van der Waals surface area contributed by atoms with E-state index in [1.165, 1.54) is 4.57 Å². The summed E-state index contributed by atoms with van der Waals surface area (Å²) in [6.07, 6.45) is 0.0733. The van der Waals surface area contributed by atoms with E-state index >= 15 is 0 Å². The van der Waals surface area contributed by atoms with Gasteiger partial charge in [0.15, 0.2) is 0 Å². The van der Waals surface area contributed by atoms with Crippen LogP contribution in [0.15, 0.2) is 23.0 Å². The highest BCUT2D eigenvalue weighted by atomic mass is 16.3. The average Bonchev–Trinajstić information content (AvgIpc) is 2.64. The van der Waals surface area contributed by atoms with Crippen LogP contribution in [0.25, 0.3) is 11.0 Å². The van der Waals surface area contributed by atoms with Crippen LogP contribution in [-0.4, -0.2) is 33.2 Å². The van der Waals surface area contributed by atoms with Gasteiger partial charge in [-0.1, -0.05) is 0 Å². The van der Waals surface area contributed by atoms with Crippen LogP contribution in [0.5, 0.6) is 0 Å². The van der Waals surface area contributed by atoms with Crippen molar-refractivity contribution in [2.45, 2.75) is 19.4 Å². The summed E-state index contributed by atoms with van der Waals surface area (Å²) in [6.45, 7) is 2.09. The molecule has 0 aliphatic carbocycles. The molecule has 0 aliphatic rings. The number of rotatable bonds is 4. The highest BCUT2D eigenvalue weighted by Gasteiger charge is 2.09. The zero-order valence-corrected chi connectivity index (χ0v) is 10.9. The van der Waals surface area contributed by atoms with Gasteiger partial charge in [-0.3, -0.25) is 9.36 Å². The van der Waals surface area contributed by atoms with Crippen molar-refractivity contribution in [1.82, 2.24) is 14.9 Å². The minimum Gasteiger partial charge on any atom is -0.393 e. The van der Waals surface area contributed by atoms with Crippen molar-refractivity contribution in [1.29, 1.82) is 0 Å². The molecule has 0 spiro atoms. The third-order valence-electron chi connectivity index (χ3n) is 3.01. The Kier molecular flexibility index (Phi) is 3.71. The number of benzene rings is 1. The molecule has 0 saturated carbocycles. The van der Waals surface area contributed by atoms with Crippen LogP contribution in [0.3, 0.4) is 0 Å². The molecule has 1 aromatic carbocycles. The molecule has 1 atom stereocenters. The summed E-state index contributed by atoms with van der Waals surface area (Å²) < 4.78 is 1.49. The van der Waals surface area contributed by atoms with Crippen molar-refractivity contribution in [2.75, 3.05) is 6.54 Å². The van der Waals surface area contributed by atoms with Crippen molar-refractivity contribution >= 4 is 16.9 Å². The molecule has 6 nitrogen and oxygen atoms in total. The summed E-state index contributed by atoms with van der Waals surface area (Å²) in [7, 11) is 1.67. The number of nitrogens with one attached hydrogen (secondary N) is 2. The van der Waals surface area contributed by atoms with Crippen LogP contribution in [0, 0.1) is 0 Å². The van der Waals surface area contributed by atoms with Gasteiger partial charge >= 0.3 is 5.69 Å². The second-order valence-corrected chi connectivity index (χ2v) is 4.61. The Bertz CT molecular complexity index is 655. The summed E-state index contributed by atoms with van der Waals surface area (Å²) in [5.74, 6) is -0.216. The average molecular weight is 263 g/mol. The molecule has 1 heterocycles.